The number of amides is 2. The number of hydrogen-bond acceptors (Lipinski definition) is 6. The average Bonchev–Trinajstić information content (AvgIpc) is 2.89. The predicted molar refractivity (Wildman–Crippen MR) is 143 cm³/mol. The Morgan fingerprint density at radius 2 is 1.86 bits per heavy atom. The maximum atomic E-state index is 13.6. The molecule has 2 atom stereocenters. The Hall–Kier alpha value is -3.85. The van der Waals surface area contributed by atoms with Crippen molar-refractivity contribution < 1.29 is 23.8 Å². The fraction of sp³-hybridized carbons (Fsp3) is 0.286. The number of nitrogens with zero attached hydrogens (tertiary/aromatic N) is 2. The minimum atomic E-state index is -0.589. The lowest BCUT2D eigenvalue weighted by atomic mass is 9.82. The molecule has 192 valence electrons. The average molecular weight is 522 g/mol. The fourth-order valence-corrected chi connectivity index (χ4v) is 4.89. The van der Waals surface area contributed by atoms with E-state index in [1.165, 1.54) is 42.5 Å². The van der Waals surface area contributed by atoms with Crippen LogP contribution >= 0.6 is 12.2 Å². The van der Waals surface area contributed by atoms with Crippen LogP contribution in [0.5, 0.6) is 11.5 Å². The predicted octanol–water partition coefficient (Wildman–Crippen LogP) is 5.28. The van der Waals surface area contributed by atoms with E-state index in [4.69, 9.17) is 17.0 Å². The third kappa shape index (κ3) is 6.68. The highest BCUT2D eigenvalue weighted by Gasteiger charge is 2.39. The molecule has 0 saturated carbocycles. The molecule has 0 aliphatic carbocycles. The minimum absolute atomic E-state index is 0.0265. The molecule has 1 aromatic heterocycles. The Balaban J connectivity index is 1.48. The second-order valence-electron chi connectivity index (χ2n) is 9.01. The Kier molecular flexibility index (Phi) is 8.45. The van der Waals surface area contributed by atoms with Gasteiger partial charge in [0.15, 0.2) is 0 Å². The van der Waals surface area contributed by atoms with Gasteiger partial charge in [0.25, 0.3) is 0 Å². The Labute approximate surface area is 220 Å². The molecule has 0 bridgehead atoms. The number of rotatable bonds is 9. The van der Waals surface area contributed by atoms with Crippen molar-refractivity contribution in [3.63, 3.8) is 0 Å². The van der Waals surface area contributed by atoms with Gasteiger partial charge in [0, 0.05) is 23.9 Å². The minimum Gasteiger partial charge on any atom is -0.508 e. The first-order valence-electron chi connectivity index (χ1n) is 12.0. The molecule has 1 saturated heterocycles. The van der Waals surface area contributed by atoms with Crippen molar-refractivity contribution in [3.8, 4) is 11.5 Å². The number of thiocarbonyl (C=S) groups is 1. The van der Waals surface area contributed by atoms with Crippen LogP contribution in [0.1, 0.15) is 31.2 Å². The maximum Gasteiger partial charge on any atom is 0.235 e. The van der Waals surface area contributed by atoms with Crippen molar-refractivity contribution >= 4 is 40.5 Å². The van der Waals surface area contributed by atoms with Crippen LogP contribution in [-0.4, -0.2) is 34.0 Å². The number of phenolic OH excluding ortho intramolecular Hbond substituents is 1. The van der Waals surface area contributed by atoms with Crippen LogP contribution in [0.15, 0.2) is 66.9 Å². The number of piperidine rings is 1. The first-order valence-corrected chi connectivity index (χ1v) is 12.5. The Bertz CT molecular complexity index is 1250. The van der Waals surface area contributed by atoms with E-state index in [9.17, 15) is 19.1 Å². The molecule has 2 aromatic carbocycles. The van der Waals surface area contributed by atoms with Gasteiger partial charge in [-0.3, -0.25) is 14.5 Å². The van der Waals surface area contributed by atoms with Gasteiger partial charge < -0.3 is 15.2 Å². The summed E-state index contributed by atoms with van der Waals surface area (Å²) in [6, 6.07) is 16.0. The standard InChI is InChI=1S/C28H28FN3O4S/c1-36-24-13-14-25(30-17-24)31-26(34)16-20-15-19(4-2-3-18-5-11-23(33)12-6-18)28(37)32(27(20)35)22-9-7-21(29)8-10-22/h5-14,17,19-20,33H,2-4,15-16H2,1H3,(H,30,31,34). The number of halogens is 1. The van der Waals surface area contributed by atoms with E-state index in [1.54, 1.807) is 24.3 Å². The van der Waals surface area contributed by atoms with Gasteiger partial charge in [0.05, 0.1) is 18.3 Å². The summed E-state index contributed by atoms with van der Waals surface area (Å²) in [6.45, 7) is 0. The number of carbonyl (C=O) groups excluding carboxylic acids is 2. The zero-order chi connectivity index (χ0) is 26.4. The molecule has 37 heavy (non-hydrogen) atoms. The molecule has 0 spiro atoms. The molecule has 1 aliphatic heterocycles. The summed E-state index contributed by atoms with van der Waals surface area (Å²) in [7, 11) is 1.53. The van der Waals surface area contributed by atoms with E-state index in [0.717, 1.165) is 24.8 Å². The maximum absolute atomic E-state index is 13.6. The number of hydrogen-bond donors (Lipinski definition) is 2. The van der Waals surface area contributed by atoms with Crippen LogP contribution in [0.3, 0.4) is 0 Å². The van der Waals surface area contributed by atoms with Crippen molar-refractivity contribution in [2.45, 2.75) is 32.1 Å². The van der Waals surface area contributed by atoms with Crippen LogP contribution < -0.4 is 15.0 Å². The molecule has 1 fully saturated rings. The van der Waals surface area contributed by atoms with E-state index in [0.29, 0.717) is 28.7 Å². The molecular weight excluding hydrogens is 493 g/mol. The van der Waals surface area contributed by atoms with E-state index >= 15 is 0 Å². The van der Waals surface area contributed by atoms with Gasteiger partial charge in [-0.15, -0.1) is 0 Å². The monoisotopic (exact) mass is 521 g/mol. The number of methoxy groups -OCH3 is 1. The van der Waals surface area contributed by atoms with Crippen molar-refractivity contribution in [3.05, 3.63) is 78.2 Å². The Morgan fingerprint density at radius 1 is 1.14 bits per heavy atom. The SMILES string of the molecule is COc1ccc(NC(=O)CC2CC(CCCc3ccc(O)cc3)C(=S)N(c3ccc(F)cc3)C2=O)nc1. The highest BCUT2D eigenvalue weighted by atomic mass is 32.1. The second-order valence-corrected chi connectivity index (χ2v) is 9.43. The van der Waals surface area contributed by atoms with Crippen molar-refractivity contribution in [1.82, 2.24) is 4.98 Å². The van der Waals surface area contributed by atoms with Crippen LogP contribution in [0.25, 0.3) is 0 Å². The first kappa shape index (κ1) is 26.2. The molecular formula is C28H28FN3O4S. The zero-order valence-electron chi connectivity index (χ0n) is 20.4. The van der Waals surface area contributed by atoms with Crippen molar-refractivity contribution in [2.75, 3.05) is 17.3 Å². The number of aromatic hydroxyl groups is 1. The number of phenols is 1. The normalized spacial score (nSPS) is 17.5. The largest absolute Gasteiger partial charge is 0.508 e. The topological polar surface area (TPSA) is 91.8 Å². The highest BCUT2D eigenvalue weighted by Crippen LogP contribution is 2.34. The summed E-state index contributed by atoms with van der Waals surface area (Å²) in [5.74, 6) is -0.552. The molecule has 2 heterocycles. The van der Waals surface area contributed by atoms with Crippen LogP contribution in [0.4, 0.5) is 15.9 Å². The van der Waals surface area contributed by atoms with Crippen LogP contribution in [-0.2, 0) is 16.0 Å². The third-order valence-electron chi connectivity index (χ3n) is 6.42. The Morgan fingerprint density at radius 3 is 2.51 bits per heavy atom. The van der Waals surface area contributed by atoms with E-state index in [1.807, 2.05) is 12.1 Å². The number of carbonyl (C=O) groups is 2. The molecule has 7 nitrogen and oxygen atoms in total. The first-order chi connectivity index (χ1) is 17.8. The van der Waals surface area contributed by atoms with Gasteiger partial charge >= 0.3 is 0 Å². The van der Waals surface area contributed by atoms with E-state index in [2.05, 4.69) is 10.3 Å². The summed E-state index contributed by atoms with van der Waals surface area (Å²) in [5.41, 5.74) is 1.58. The smallest absolute Gasteiger partial charge is 0.235 e. The van der Waals surface area contributed by atoms with E-state index < -0.39 is 11.7 Å². The van der Waals surface area contributed by atoms with Gasteiger partial charge in [-0.1, -0.05) is 24.4 Å². The summed E-state index contributed by atoms with van der Waals surface area (Å²) in [4.78, 5) is 32.4. The molecule has 2 N–H and O–H groups in total. The highest BCUT2D eigenvalue weighted by molar-refractivity contribution is 7.80. The number of anilines is 2. The number of aryl methyl sites for hydroxylation is 1. The summed E-state index contributed by atoms with van der Waals surface area (Å²) in [6.07, 6.45) is 4.26. The van der Waals surface area contributed by atoms with Crippen molar-refractivity contribution in [2.24, 2.45) is 11.8 Å². The van der Waals surface area contributed by atoms with Gasteiger partial charge in [-0.05, 0) is 79.8 Å². The summed E-state index contributed by atoms with van der Waals surface area (Å²) in [5, 5.41) is 12.2. The number of benzene rings is 2. The number of nitrogens with one attached hydrogen (secondary N) is 1. The quantitative estimate of drug-likeness (QED) is 0.372. The molecule has 3 aromatic rings. The van der Waals surface area contributed by atoms with Gasteiger partial charge in [-0.2, -0.15) is 0 Å². The lowest BCUT2D eigenvalue weighted by molar-refractivity contribution is -0.127. The van der Waals surface area contributed by atoms with Gasteiger partial charge in [0.2, 0.25) is 11.8 Å². The van der Waals surface area contributed by atoms with Crippen LogP contribution in [0, 0.1) is 17.7 Å². The molecule has 0 radical (unpaired) electrons. The van der Waals surface area contributed by atoms with Gasteiger partial charge in [0.1, 0.15) is 23.1 Å². The summed E-state index contributed by atoms with van der Waals surface area (Å²) < 4.78 is 18.6. The van der Waals surface area contributed by atoms with E-state index in [-0.39, 0.29) is 29.9 Å². The molecule has 2 amide bonds. The van der Waals surface area contributed by atoms with Crippen LogP contribution in [0.2, 0.25) is 0 Å². The number of ether oxygens (including phenoxy) is 1. The lowest BCUT2D eigenvalue weighted by Gasteiger charge is -2.38. The van der Waals surface area contributed by atoms with Gasteiger partial charge in [-0.25, -0.2) is 9.37 Å². The molecule has 2 unspecified atom stereocenters. The molecule has 1 aliphatic rings. The zero-order valence-corrected chi connectivity index (χ0v) is 21.2. The summed E-state index contributed by atoms with van der Waals surface area (Å²) >= 11 is 5.74. The van der Waals surface area contributed by atoms with Crippen molar-refractivity contribution in [1.29, 1.82) is 0 Å². The fourth-order valence-electron chi connectivity index (χ4n) is 4.48. The number of pyridine rings is 1. The molecule has 4 rings (SSSR count). The molecule has 9 heteroatoms. The lowest BCUT2D eigenvalue weighted by Crippen LogP contribution is -2.49. The third-order valence-corrected chi connectivity index (χ3v) is 6.93. The number of aromatic nitrogens is 1. The second kappa shape index (κ2) is 11.9.